The van der Waals surface area contributed by atoms with Gasteiger partial charge in [0.15, 0.2) is 23.1 Å². The van der Waals surface area contributed by atoms with Gasteiger partial charge < -0.3 is 19.3 Å². The number of aliphatic carboxylic acids is 1. The molecule has 1 saturated heterocycles. The highest BCUT2D eigenvalue weighted by Crippen LogP contribution is 2.48. The Morgan fingerprint density at radius 3 is 2.55 bits per heavy atom. The van der Waals surface area contributed by atoms with Crippen molar-refractivity contribution in [2.24, 2.45) is 5.92 Å². The molecule has 2 aliphatic rings. The fourth-order valence-corrected chi connectivity index (χ4v) is 7.50. The third-order valence-electron chi connectivity index (χ3n) is 7.86. The van der Waals surface area contributed by atoms with Gasteiger partial charge in [-0.3, -0.25) is 9.69 Å². The topological polar surface area (TPSA) is 114 Å². The molecule has 9 nitrogen and oxygen atoms in total. The zero-order valence-electron chi connectivity index (χ0n) is 23.3. The molecule has 0 radical (unpaired) electrons. The van der Waals surface area contributed by atoms with Gasteiger partial charge in [-0.1, -0.05) is 45.2 Å². The van der Waals surface area contributed by atoms with E-state index in [0.717, 1.165) is 24.8 Å². The van der Waals surface area contributed by atoms with Crippen LogP contribution in [-0.2, 0) is 14.8 Å². The number of carboxylic acid groups (broad SMARTS) is 1. The summed E-state index contributed by atoms with van der Waals surface area (Å²) in [5.41, 5.74) is 1.25. The zero-order valence-corrected chi connectivity index (χ0v) is 24.1. The van der Waals surface area contributed by atoms with Crippen LogP contribution in [0.5, 0.6) is 17.2 Å². The minimum atomic E-state index is -3.55. The number of sulfonamides is 1. The lowest BCUT2D eigenvalue weighted by Gasteiger charge is -2.28. The minimum absolute atomic E-state index is 0.0642. The summed E-state index contributed by atoms with van der Waals surface area (Å²) in [4.78, 5) is 14.7. The molecule has 11 heteroatoms. The number of rotatable bonds is 14. The Kier molecular flexibility index (Phi) is 9.91. The van der Waals surface area contributed by atoms with Crippen LogP contribution in [0.4, 0.5) is 4.39 Å². The predicted octanol–water partition coefficient (Wildman–Crippen LogP) is 4.68. The molecule has 0 aromatic heterocycles. The molecule has 2 heterocycles. The molecule has 0 bridgehead atoms. The number of benzene rings is 2. The first-order valence-electron chi connectivity index (χ1n) is 13.9. The van der Waals surface area contributed by atoms with Crippen LogP contribution in [0.25, 0.3) is 0 Å². The van der Waals surface area contributed by atoms with Gasteiger partial charge in [0.2, 0.25) is 16.8 Å². The highest BCUT2D eigenvalue weighted by Gasteiger charge is 2.47. The summed E-state index contributed by atoms with van der Waals surface area (Å²) < 4.78 is 59.8. The van der Waals surface area contributed by atoms with Crippen molar-refractivity contribution in [3.8, 4) is 17.2 Å². The Labute approximate surface area is 235 Å². The lowest BCUT2D eigenvalue weighted by Crippen LogP contribution is -2.40. The number of carboxylic acids is 1. The summed E-state index contributed by atoms with van der Waals surface area (Å²) in [5.74, 6) is -1.76. The summed E-state index contributed by atoms with van der Waals surface area (Å²) in [5, 5.41) is 9.95. The smallest absolute Gasteiger partial charge is 0.309 e. The fraction of sp³-hybridized carbons (Fsp3) is 0.552. The summed E-state index contributed by atoms with van der Waals surface area (Å²) in [6, 6.07) is 9.16. The van der Waals surface area contributed by atoms with E-state index in [1.807, 2.05) is 24.8 Å². The number of unbranched alkanes of at least 4 members (excludes halogenated alkanes) is 1. The summed E-state index contributed by atoms with van der Waals surface area (Å²) in [6.45, 7) is 4.82. The molecule has 1 fully saturated rings. The molecular weight excluding hydrogens is 539 g/mol. The number of hydrogen-bond donors (Lipinski definition) is 2. The molecule has 2 aromatic carbocycles. The van der Waals surface area contributed by atoms with Gasteiger partial charge in [-0.15, -0.1) is 0 Å². The molecule has 0 amide bonds. The first-order valence-corrected chi connectivity index (χ1v) is 15.4. The van der Waals surface area contributed by atoms with E-state index in [-0.39, 0.29) is 25.6 Å². The lowest BCUT2D eigenvalue weighted by atomic mass is 9.82. The van der Waals surface area contributed by atoms with E-state index in [1.54, 1.807) is 18.2 Å². The minimum Gasteiger partial charge on any atom is -0.494 e. The number of hydrogen-bond acceptors (Lipinski definition) is 7. The summed E-state index contributed by atoms with van der Waals surface area (Å²) in [7, 11) is -2.18. The number of likely N-dealkylation sites (tertiary alicyclic amines) is 1. The molecule has 2 aliphatic heterocycles. The number of nitrogens with zero attached hydrogens (tertiary/aromatic N) is 1. The molecule has 220 valence electrons. The molecule has 0 spiro atoms. The zero-order chi connectivity index (χ0) is 28.9. The first-order chi connectivity index (χ1) is 19.2. The van der Waals surface area contributed by atoms with Crippen LogP contribution >= 0.6 is 0 Å². The SMILES string of the molecule is CCCCC(CCC)S(=O)(=O)NCCN1C[C@H](c2ccc3c(c2)OCO3)[C@@H](C(=O)O)[C@@H]1c1ccc(OC)c(F)c1. The Balaban J connectivity index is 1.62. The Morgan fingerprint density at radius 1 is 1.12 bits per heavy atom. The third-order valence-corrected chi connectivity index (χ3v) is 9.81. The van der Waals surface area contributed by atoms with Gasteiger partial charge in [0.1, 0.15) is 0 Å². The molecule has 4 atom stereocenters. The second-order valence-corrected chi connectivity index (χ2v) is 12.5. The van der Waals surface area contributed by atoms with Crippen molar-refractivity contribution in [1.82, 2.24) is 9.62 Å². The van der Waals surface area contributed by atoms with Crippen LogP contribution in [-0.4, -0.2) is 63.2 Å². The third kappa shape index (κ3) is 6.53. The van der Waals surface area contributed by atoms with Gasteiger partial charge in [-0.05, 0) is 48.2 Å². The average Bonchev–Trinajstić information content (AvgIpc) is 3.55. The lowest BCUT2D eigenvalue weighted by molar-refractivity contribution is -0.143. The first kappa shape index (κ1) is 30.1. The van der Waals surface area contributed by atoms with Gasteiger partial charge in [-0.2, -0.15) is 0 Å². The number of methoxy groups -OCH3 is 1. The maximum Gasteiger partial charge on any atom is 0.309 e. The highest BCUT2D eigenvalue weighted by molar-refractivity contribution is 7.90. The number of carbonyl (C=O) groups is 1. The molecule has 2 N–H and O–H groups in total. The molecule has 2 aromatic rings. The molecule has 4 rings (SSSR count). The van der Waals surface area contributed by atoms with Crippen molar-refractivity contribution in [3.05, 3.63) is 53.3 Å². The quantitative estimate of drug-likeness (QED) is 0.332. The molecular formula is C29H39FN2O7S. The summed E-state index contributed by atoms with van der Waals surface area (Å²) in [6.07, 6.45) is 3.70. The van der Waals surface area contributed by atoms with Crippen molar-refractivity contribution in [3.63, 3.8) is 0 Å². The van der Waals surface area contributed by atoms with Crippen LogP contribution in [0.2, 0.25) is 0 Å². The van der Waals surface area contributed by atoms with Crippen LogP contribution in [0.1, 0.15) is 69.0 Å². The second kappa shape index (κ2) is 13.2. The fourth-order valence-electron chi connectivity index (χ4n) is 5.86. The van der Waals surface area contributed by atoms with E-state index in [0.29, 0.717) is 36.4 Å². The normalized spacial score (nSPS) is 21.4. The van der Waals surface area contributed by atoms with E-state index in [2.05, 4.69) is 4.72 Å². The highest BCUT2D eigenvalue weighted by atomic mass is 32.2. The Hall–Kier alpha value is -2.89. The van der Waals surface area contributed by atoms with Crippen LogP contribution in [0.3, 0.4) is 0 Å². The molecule has 0 saturated carbocycles. The predicted molar refractivity (Wildman–Crippen MR) is 149 cm³/mol. The van der Waals surface area contributed by atoms with Crippen molar-refractivity contribution in [2.75, 3.05) is 33.5 Å². The Bertz CT molecular complexity index is 1290. The van der Waals surface area contributed by atoms with Crippen LogP contribution in [0.15, 0.2) is 36.4 Å². The van der Waals surface area contributed by atoms with E-state index in [9.17, 15) is 22.7 Å². The van der Waals surface area contributed by atoms with E-state index < -0.39 is 44.9 Å². The van der Waals surface area contributed by atoms with E-state index in [4.69, 9.17) is 14.2 Å². The Morgan fingerprint density at radius 2 is 1.88 bits per heavy atom. The number of ether oxygens (including phenoxy) is 3. The monoisotopic (exact) mass is 578 g/mol. The second-order valence-electron chi connectivity index (χ2n) is 10.4. The van der Waals surface area contributed by atoms with Gasteiger partial charge in [0.05, 0.1) is 18.3 Å². The molecule has 40 heavy (non-hydrogen) atoms. The number of nitrogens with one attached hydrogen (secondary N) is 1. The van der Waals surface area contributed by atoms with Crippen molar-refractivity contribution in [1.29, 1.82) is 0 Å². The van der Waals surface area contributed by atoms with Crippen molar-refractivity contribution in [2.45, 2.75) is 63.2 Å². The van der Waals surface area contributed by atoms with Crippen molar-refractivity contribution < 1.29 is 36.9 Å². The van der Waals surface area contributed by atoms with Crippen LogP contribution < -0.4 is 18.9 Å². The van der Waals surface area contributed by atoms with Gasteiger partial charge in [0, 0.05) is 31.6 Å². The van der Waals surface area contributed by atoms with Crippen LogP contribution in [0, 0.1) is 11.7 Å². The maximum atomic E-state index is 14.8. The van der Waals surface area contributed by atoms with Crippen molar-refractivity contribution >= 4 is 16.0 Å². The van der Waals surface area contributed by atoms with Gasteiger partial charge in [0.25, 0.3) is 0 Å². The van der Waals surface area contributed by atoms with Gasteiger partial charge >= 0.3 is 5.97 Å². The molecule has 0 aliphatic carbocycles. The molecule has 1 unspecified atom stereocenters. The standard InChI is InChI=1S/C29H39FN2O7S/c1-4-6-8-21(7-5-2)40(35,36)31-13-14-32-17-22(19-9-12-25-26(16-19)39-18-38-25)27(29(33)34)28(32)20-10-11-24(37-3)23(30)15-20/h9-12,15-16,21-22,27-28,31H,4-8,13-14,17-18H2,1-3H3,(H,33,34)/t21?,22-,27-,28+/m1/s1. The average molecular weight is 579 g/mol. The van der Waals surface area contributed by atoms with E-state index in [1.165, 1.54) is 19.2 Å². The van der Waals surface area contributed by atoms with Gasteiger partial charge in [-0.25, -0.2) is 17.5 Å². The maximum absolute atomic E-state index is 14.8. The number of halogens is 1. The largest absolute Gasteiger partial charge is 0.494 e. The number of fused-ring (bicyclic) bond motifs is 1. The summed E-state index contributed by atoms with van der Waals surface area (Å²) >= 11 is 0. The van der Waals surface area contributed by atoms with E-state index >= 15 is 0 Å².